The van der Waals surface area contributed by atoms with E-state index in [2.05, 4.69) is 4.90 Å². The highest BCUT2D eigenvalue weighted by Gasteiger charge is 2.46. The smallest absolute Gasteiger partial charge is 0.295 e. The number of Topliss-reactive ketones (excluding diaryl/α,β-unsaturated/α-hetero) is 1. The summed E-state index contributed by atoms with van der Waals surface area (Å²) in [5, 5.41) is 11.6. The van der Waals surface area contributed by atoms with E-state index in [1.807, 2.05) is 81.4 Å². The molecule has 2 aliphatic rings. The second-order valence-corrected chi connectivity index (χ2v) is 10.9. The van der Waals surface area contributed by atoms with Gasteiger partial charge in [-0.1, -0.05) is 42.5 Å². The summed E-state index contributed by atoms with van der Waals surface area (Å²) in [4.78, 5) is 30.8. The first-order valence-corrected chi connectivity index (χ1v) is 14.4. The van der Waals surface area contributed by atoms with Crippen molar-refractivity contribution in [1.82, 2.24) is 9.80 Å². The fourth-order valence-electron chi connectivity index (χ4n) is 5.41. The monoisotopic (exact) mass is 570 g/mol. The molecule has 8 nitrogen and oxygen atoms in total. The number of aliphatic hydroxyl groups excluding tert-OH is 1. The molecular formula is C34H38N2O6. The maximum Gasteiger partial charge on any atom is 0.295 e. The third kappa shape index (κ3) is 6.66. The molecule has 5 rings (SSSR count). The Hall–Kier alpha value is -4.14. The second-order valence-electron chi connectivity index (χ2n) is 10.9. The lowest BCUT2D eigenvalue weighted by molar-refractivity contribution is -0.140. The molecule has 0 bridgehead atoms. The van der Waals surface area contributed by atoms with Gasteiger partial charge in [-0.15, -0.1) is 0 Å². The van der Waals surface area contributed by atoms with Crippen molar-refractivity contribution >= 4 is 17.4 Å². The third-order valence-electron chi connectivity index (χ3n) is 7.57. The number of ether oxygens (including phenoxy) is 3. The summed E-state index contributed by atoms with van der Waals surface area (Å²) in [6.07, 6.45) is 0.000261. The SMILES string of the molecule is Cc1cc(OC(C)C)ccc1C(O)=C1C(=O)C(=O)N(CCN2CCOCC2)C1c1ccc(OCc2ccccc2)cc1. The van der Waals surface area contributed by atoms with E-state index < -0.39 is 17.7 Å². The molecule has 2 aliphatic heterocycles. The van der Waals surface area contributed by atoms with Crippen LogP contribution in [-0.4, -0.2) is 72.1 Å². The van der Waals surface area contributed by atoms with Crippen molar-refractivity contribution in [3.05, 3.63) is 101 Å². The predicted octanol–water partition coefficient (Wildman–Crippen LogP) is 5.12. The Morgan fingerprint density at radius 1 is 0.952 bits per heavy atom. The quantitative estimate of drug-likeness (QED) is 0.206. The first-order chi connectivity index (χ1) is 20.3. The minimum absolute atomic E-state index is 0.000261. The van der Waals surface area contributed by atoms with Crippen LogP contribution in [-0.2, 0) is 20.9 Å². The van der Waals surface area contributed by atoms with Gasteiger partial charge < -0.3 is 24.2 Å². The van der Waals surface area contributed by atoms with Crippen LogP contribution in [0.3, 0.4) is 0 Å². The van der Waals surface area contributed by atoms with Crippen molar-refractivity contribution in [1.29, 1.82) is 0 Å². The molecule has 0 spiro atoms. The molecule has 2 saturated heterocycles. The van der Waals surface area contributed by atoms with Crippen LogP contribution in [0.4, 0.5) is 0 Å². The number of aryl methyl sites for hydroxylation is 1. The highest BCUT2D eigenvalue weighted by atomic mass is 16.5. The third-order valence-corrected chi connectivity index (χ3v) is 7.57. The molecule has 0 aliphatic carbocycles. The molecule has 8 heteroatoms. The molecule has 0 radical (unpaired) electrons. The maximum absolute atomic E-state index is 13.5. The summed E-state index contributed by atoms with van der Waals surface area (Å²) >= 11 is 0. The number of carbonyl (C=O) groups is 2. The van der Waals surface area contributed by atoms with E-state index in [9.17, 15) is 14.7 Å². The summed E-state index contributed by atoms with van der Waals surface area (Å²) in [6, 6.07) is 21.9. The Morgan fingerprint density at radius 2 is 1.64 bits per heavy atom. The van der Waals surface area contributed by atoms with Gasteiger partial charge in [0.05, 0.1) is 30.9 Å². The van der Waals surface area contributed by atoms with E-state index in [-0.39, 0.29) is 17.4 Å². The van der Waals surface area contributed by atoms with Crippen molar-refractivity contribution in [2.24, 2.45) is 0 Å². The number of ketones is 1. The molecule has 220 valence electrons. The standard InChI is InChI=1S/C34H38N2O6/c1-23(2)42-28-13-14-29(24(3)21-28)32(37)30-31(36(34(39)33(30)38)16-15-35-17-19-40-20-18-35)26-9-11-27(12-10-26)41-22-25-7-5-4-6-8-25/h4-14,21,23,31,37H,15-20,22H2,1-3H3. The van der Waals surface area contributed by atoms with Crippen molar-refractivity contribution in [3.63, 3.8) is 0 Å². The summed E-state index contributed by atoms with van der Waals surface area (Å²) in [5.74, 6) is -0.148. The van der Waals surface area contributed by atoms with Crippen LogP contribution < -0.4 is 9.47 Å². The van der Waals surface area contributed by atoms with E-state index >= 15 is 0 Å². The number of likely N-dealkylation sites (tertiary alicyclic amines) is 1. The maximum atomic E-state index is 13.5. The zero-order chi connectivity index (χ0) is 29.6. The molecule has 2 heterocycles. The van der Waals surface area contributed by atoms with Gasteiger partial charge >= 0.3 is 0 Å². The number of carbonyl (C=O) groups excluding carboxylic acids is 2. The highest BCUT2D eigenvalue weighted by Crippen LogP contribution is 2.40. The van der Waals surface area contributed by atoms with Crippen LogP contribution in [0.2, 0.25) is 0 Å². The number of benzene rings is 3. The predicted molar refractivity (Wildman–Crippen MR) is 160 cm³/mol. The van der Waals surface area contributed by atoms with E-state index in [1.54, 1.807) is 17.0 Å². The summed E-state index contributed by atoms with van der Waals surface area (Å²) in [7, 11) is 0. The van der Waals surface area contributed by atoms with Crippen LogP contribution in [0.5, 0.6) is 11.5 Å². The fourth-order valence-corrected chi connectivity index (χ4v) is 5.41. The van der Waals surface area contributed by atoms with Crippen molar-refractivity contribution in [2.75, 3.05) is 39.4 Å². The van der Waals surface area contributed by atoms with Crippen molar-refractivity contribution < 1.29 is 28.9 Å². The lowest BCUT2D eigenvalue weighted by atomic mass is 9.94. The van der Waals surface area contributed by atoms with Gasteiger partial charge in [0.25, 0.3) is 11.7 Å². The van der Waals surface area contributed by atoms with Crippen LogP contribution >= 0.6 is 0 Å². The van der Waals surface area contributed by atoms with Crippen molar-refractivity contribution in [3.8, 4) is 11.5 Å². The number of amides is 1. The Balaban J connectivity index is 1.47. The van der Waals surface area contributed by atoms with Crippen molar-refractivity contribution in [2.45, 2.75) is 39.5 Å². The molecule has 3 aromatic rings. The summed E-state index contributed by atoms with van der Waals surface area (Å²) < 4.78 is 17.2. The number of hydrogen-bond acceptors (Lipinski definition) is 7. The molecule has 3 aromatic carbocycles. The lowest BCUT2D eigenvalue weighted by Crippen LogP contribution is -2.42. The zero-order valence-corrected chi connectivity index (χ0v) is 24.4. The van der Waals surface area contributed by atoms with Crippen LogP contribution in [0.25, 0.3) is 5.76 Å². The zero-order valence-electron chi connectivity index (χ0n) is 24.4. The molecule has 42 heavy (non-hydrogen) atoms. The Bertz CT molecular complexity index is 1430. The number of hydrogen-bond donors (Lipinski definition) is 1. The number of morpholine rings is 1. The van der Waals surface area contributed by atoms with Crippen LogP contribution in [0.1, 0.15) is 42.1 Å². The van der Waals surface area contributed by atoms with Gasteiger partial charge in [0, 0.05) is 31.7 Å². The average Bonchev–Trinajstić information content (AvgIpc) is 3.25. The van der Waals surface area contributed by atoms with Gasteiger partial charge in [-0.25, -0.2) is 0 Å². The molecule has 1 N–H and O–H groups in total. The molecule has 1 unspecified atom stereocenters. The van der Waals surface area contributed by atoms with Gasteiger partial charge in [0.2, 0.25) is 0 Å². The number of nitrogens with zero attached hydrogens (tertiary/aromatic N) is 2. The van der Waals surface area contributed by atoms with E-state index in [0.29, 0.717) is 50.0 Å². The molecule has 2 fully saturated rings. The molecule has 0 saturated carbocycles. The highest BCUT2D eigenvalue weighted by molar-refractivity contribution is 6.46. The number of rotatable bonds is 10. The first kappa shape index (κ1) is 29.4. The van der Waals surface area contributed by atoms with E-state index in [4.69, 9.17) is 14.2 Å². The van der Waals surface area contributed by atoms with Gasteiger partial charge in [0.15, 0.2) is 0 Å². The largest absolute Gasteiger partial charge is 0.507 e. The van der Waals surface area contributed by atoms with Gasteiger partial charge in [-0.05, 0) is 67.8 Å². The average molecular weight is 571 g/mol. The molecule has 0 aromatic heterocycles. The minimum atomic E-state index is -0.736. The van der Waals surface area contributed by atoms with Gasteiger partial charge in [-0.2, -0.15) is 0 Å². The number of aliphatic hydroxyl groups is 1. The van der Waals surface area contributed by atoms with Crippen LogP contribution in [0.15, 0.2) is 78.4 Å². The molecule has 1 amide bonds. The first-order valence-electron chi connectivity index (χ1n) is 14.4. The summed E-state index contributed by atoms with van der Waals surface area (Å²) in [6.45, 7) is 9.94. The molecular weight excluding hydrogens is 532 g/mol. The van der Waals surface area contributed by atoms with Crippen LogP contribution in [0, 0.1) is 6.92 Å². The van der Waals surface area contributed by atoms with E-state index in [0.717, 1.165) is 29.8 Å². The fraction of sp³-hybridized carbons (Fsp3) is 0.353. The second kappa shape index (κ2) is 13.2. The Kier molecular flexibility index (Phi) is 9.25. The Labute approximate surface area is 247 Å². The summed E-state index contributed by atoms with van der Waals surface area (Å²) in [5.41, 5.74) is 3.10. The topological polar surface area (TPSA) is 88.5 Å². The van der Waals surface area contributed by atoms with Gasteiger partial charge in [-0.3, -0.25) is 14.5 Å². The van der Waals surface area contributed by atoms with Gasteiger partial charge in [0.1, 0.15) is 23.9 Å². The van der Waals surface area contributed by atoms with E-state index in [1.165, 1.54) is 0 Å². The minimum Gasteiger partial charge on any atom is -0.507 e. The lowest BCUT2D eigenvalue weighted by Gasteiger charge is -2.31. The molecule has 1 atom stereocenters. The Morgan fingerprint density at radius 3 is 2.31 bits per heavy atom. The normalized spacial score (nSPS) is 19.0.